The Kier molecular flexibility index (Phi) is 6.01. The van der Waals surface area contributed by atoms with Crippen molar-refractivity contribution in [1.82, 2.24) is 10.9 Å². The highest BCUT2D eigenvalue weighted by Gasteiger charge is 2.30. The summed E-state index contributed by atoms with van der Waals surface area (Å²) in [6, 6.07) is 12.0. The minimum atomic E-state index is -0.654. The van der Waals surface area contributed by atoms with Crippen molar-refractivity contribution >= 4 is 58.4 Å². The third kappa shape index (κ3) is 4.75. The summed E-state index contributed by atoms with van der Waals surface area (Å²) < 4.78 is 5.33. The minimum absolute atomic E-state index is 0.141. The summed E-state index contributed by atoms with van der Waals surface area (Å²) in [6.45, 7) is -0.455. The van der Waals surface area contributed by atoms with Crippen LogP contribution in [0.25, 0.3) is 0 Å². The lowest BCUT2D eigenvalue weighted by Crippen LogP contribution is -2.50. The van der Waals surface area contributed by atoms with Crippen LogP contribution < -0.4 is 25.8 Å². The number of hydrazine groups is 1. The first-order valence-electron chi connectivity index (χ1n) is 9.27. The third-order valence-electron chi connectivity index (χ3n) is 4.58. The summed E-state index contributed by atoms with van der Waals surface area (Å²) in [4.78, 5) is 51.0. The number of anilines is 2. The predicted octanol–water partition coefficient (Wildman–Crippen LogP) is 1.72. The molecule has 0 radical (unpaired) electrons. The van der Waals surface area contributed by atoms with Crippen molar-refractivity contribution in [2.75, 3.05) is 23.4 Å². The van der Waals surface area contributed by atoms with Gasteiger partial charge < -0.3 is 10.1 Å². The Morgan fingerprint density at radius 1 is 1.16 bits per heavy atom. The maximum Gasteiger partial charge on any atom is 0.265 e. The zero-order valence-corrected chi connectivity index (χ0v) is 17.6. The summed E-state index contributed by atoms with van der Waals surface area (Å²) in [6.07, 6.45) is -0.141. The van der Waals surface area contributed by atoms with Gasteiger partial charge in [-0.3, -0.25) is 34.9 Å². The van der Waals surface area contributed by atoms with Gasteiger partial charge in [0.05, 0.1) is 16.6 Å². The number of ether oxygens (including phenoxy) is 1. The van der Waals surface area contributed by atoms with E-state index in [2.05, 4.69) is 16.2 Å². The van der Waals surface area contributed by atoms with Crippen LogP contribution in [0, 0.1) is 0 Å². The summed E-state index contributed by atoms with van der Waals surface area (Å²) >= 11 is 7.17. The van der Waals surface area contributed by atoms with Crippen molar-refractivity contribution in [3.63, 3.8) is 0 Å². The van der Waals surface area contributed by atoms with E-state index in [4.69, 9.17) is 16.3 Å². The van der Waals surface area contributed by atoms with Gasteiger partial charge >= 0.3 is 0 Å². The number of nitrogens with one attached hydrogen (secondary N) is 3. The van der Waals surface area contributed by atoms with Gasteiger partial charge in [-0.25, -0.2) is 0 Å². The molecule has 4 rings (SSSR count). The smallest absolute Gasteiger partial charge is 0.265 e. The van der Waals surface area contributed by atoms with Gasteiger partial charge in [0.2, 0.25) is 11.8 Å². The van der Waals surface area contributed by atoms with Gasteiger partial charge in [-0.1, -0.05) is 23.7 Å². The first kappa shape index (κ1) is 21.0. The second-order valence-corrected chi connectivity index (χ2v) is 8.45. The lowest BCUT2D eigenvalue weighted by atomic mass is 10.2. The molecule has 0 spiro atoms. The van der Waals surface area contributed by atoms with E-state index in [-0.39, 0.29) is 31.4 Å². The number of para-hydroxylation sites is 2. The number of fused-ring (bicyclic) bond motifs is 2. The van der Waals surface area contributed by atoms with Crippen LogP contribution in [-0.2, 0) is 19.2 Å². The summed E-state index contributed by atoms with van der Waals surface area (Å²) in [5, 5.41) is 2.57. The fraction of sp³-hybridized carbons (Fsp3) is 0.200. The van der Waals surface area contributed by atoms with E-state index < -0.39 is 17.1 Å². The Bertz CT molecular complexity index is 1080. The highest BCUT2D eigenvalue weighted by molar-refractivity contribution is 8.01. The fourth-order valence-corrected chi connectivity index (χ4v) is 4.39. The molecule has 31 heavy (non-hydrogen) atoms. The van der Waals surface area contributed by atoms with Crippen LogP contribution in [0.2, 0.25) is 5.02 Å². The van der Waals surface area contributed by atoms with E-state index in [9.17, 15) is 19.2 Å². The first-order chi connectivity index (χ1) is 14.9. The van der Waals surface area contributed by atoms with Gasteiger partial charge in [-0.2, -0.15) is 0 Å². The highest BCUT2D eigenvalue weighted by atomic mass is 35.5. The topological polar surface area (TPSA) is 117 Å². The number of halogens is 1. The predicted molar refractivity (Wildman–Crippen MR) is 115 cm³/mol. The molecule has 0 aromatic heterocycles. The number of thioether (sulfide) groups is 1. The molecule has 0 saturated carbocycles. The molecule has 2 aromatic rings. The first-order valence-corrected chi connectivity index (χ1v) is 10.5. The van der Waals surface area contributed by atoms with Gasteiger partial charge in [-0.15, -0.1) is 11.8 Å². The molecule has 11 heteroatoms. The second kappa shape index (κ2) is 8.86. The molecule has 2 aliphatic rings. The maximum atomic E-state index is 12.3. The standard InChI is InChI=1S/C20H17ClN4O5S/c21-11-5-6-15-12(7-11)22-20(29)16(31-15)8-17(26)23-24-18(27)9-25-13-3-1-2-4-14(13)30-10-19(25)28/h1-7,16H,8-10H2,(H,22,29)(H,23,26)(H,24,27)/t16-/m0/s1. The number of nitrogens with zero attached hydrogens (tertiary/aromatic N) is 1. The van der Waals surface area contributed by atoms with Crippen molar-refractivity contribution in [1.29, 1.82) is 0 Å². The van der Waals surface area contributed by atoms with E-state index in [1.54, 1.807) is 42.5 Å². The Morgan fingerprint density at radius 3 is 2.77 bits per heavy atom. The van der Waals surface area contributed by atoms with Crippen molar-refractivity contribution in [2.24, 2.45) is 0 Å². The number of hydrogen-bond donors (Lipinski definition) is 3. The van der Waals surface area contributed by atoms with Crippen LogP contribution in [0.15, 0.2) is 47.4 Å². The molecule has 160 valence electrons. The van der Waals surface area contributed by atoms with E-state index in [0.717, 1.165) is 4.90 Å². The lowest BCUT2D eigenvalue weighted by molar-refractivity contribution is -0.129. The normalized spacial score (nSPS) is 17.1. The van der Waals surface area contributed by atoms with Crippen molar-refractivity contribution in [2.45, 2.75) is 16.6 Å². The molecule has 1 atom stereocenters. The second-order valence-electron chi connectivity index (χ2n) is 6.77. The monoisotopic (exact) mass is 460 g/mol. The summed E-state index contributed by atoms with van der Waals surface area (Å²) in [7, 11) is 0. The number of carbonyl (C=O) groups excluding carboxylic acids is 4. The molecule has 0 fully saturated rings. The van der Waals surface area contributed by atoms with E-state index in [0.29, 0.717) is 22.1 Å². The zero-order chi connectivity index (χ0) is 22.0. The molecule has 9 nitrogen and oxygen atoms in total. The minimum Gasteiger partial charge on any atom is -0.482 e. The number of amides is 4. The van der Waals surface area contributed by atoms with Gasteiger partial charge in [0.25, 0.3) is 11.8 Å². The molecule has 0 aliphatic carbocycles. The van der Waals surface area contributed by atoms with Crippen molar-refractivity contribution in [3.8, 4) is 5.75 Å². The van der Waals surface area contributed by atoms with Gasteiger partial charge in [0.15, 0.2) is 6.61 Å². The van der Waals surface area contributed by atoms with Crippen LogP contribution in [0.5, 0.6) is 5.75 Å². The number of rotatable bonds is 4. The Morgan fingerprint density at radius 2 is 1.94 bits per heavy atom. The van der Waals surface area contributed by atoms with Gasteiger partial charge in [-0.05, 0) is 30.3 Å². The molecule has 2 aromatic carbocycles. The van der Waals surface area contributed by atoms with Gasteiger partial charge in [0, 0.05) is 16.3 Å². The Balaban J connectivity index is 1.30. The molecule has 2 heterocycles. The largest absolute Gasteiger partial charge is 0.482 e. The van der Waals surface area contributed by atoms with Gasteiger partial charge in [0.1, 0.15) is 12.3 Å². The van der Waals surface area contributed by atoms with E-state index in [1.165, 1.54) is 16.7 Å². The molecule has 0 unspecified atom stereocenters. The number of benzene rings is 2. The molecular formula is C20H17ClN4O5S. The van der Waals surface area contributed by atoms with Crippen LogP contribution in [0.3, 0.4) is 0 Å². The van der Waals surface area contributed by atoms with Crippen molar-refractivity contribution < 1.29 is 23.9 Å². The van der Waals surface area contributed by atoms with Crippen LogP contribution in [0.4, 0.5) is 11.4 Å². The SMILES string of the molecule is O=C(C[C@@H]1Sc2ccc(Cl)cc2NC1=O)NNC(=O)CN1C(=O)COc2ccccc21. The average molecular weight is 461 g/mol. The molecule has 2 aliphatic heterocycles. The molecule has 3 N–H and O–H groups in total. The Hall–Kier alpha value is -3.24. The van der Waals surface area contributed by atoms with Crippen LogP contribution in [-0.4, -0.2) is 42.0 Å². The molecule has 4 amide bonds. The zero-order valence-electron chi connectivity index (χ0n) is 16.0. The van der Waals surface area contributed by atoms with E-state index in [1.807, 2.05) is 0 Å². The lowest BCUT2D eigenvalue weighted by Gasteiger charge is -2.28. The van der Waals surface area contributed by atoms with Crippen LogP contribution >= 0.6 is 23.4 Å². The fourth-order valence-electron chi connectivity index (χ4n) is 3.13. The summed E-state index contributed by atoms with van der Waals surface area (Å²) in [5.74, 6) is -1.31. The van der Waals surface area contributed by atoms with E-state index >= 15 is 0 Å². The molecule has 0 bridgehead atoms. The third-order valence-corrected chi connectivity index (χ3v) is 6.09. The summed E-state index contributed by atoms with van der Waals surface area (Å²) in [5.41, 5.74) is 5.65. The molecule has 0 saturated heterocycles. The molecular weight excluding hydrogens is 444 g/mol. The van der Waals surface area contributed by atoms with Crippen molar-refractivity contribution in [3.05, 3.63) is 47.5 Å². The highest BCUT2D eigenvalue weighted by Crippen LogP contribution is 2.38. The number of carbonyl (C=O) groups is 4. The Labute approximate surface area is 186 Å². The van der Waals surface area contributed by atoms with Crippen LogP contribution in [0.1, 0.15) is 6.42 Å². The average Bonchev–Trinajstić information content (AvgIpc) is 2.75. The number of hydrogen-bond acceptors (Lipinski definition) is 6. The quantitative estimate of drug-likeness (QED) is 0.598. The maximum absolute atomic E-state index is 12.3.